The molecule has 1 rings (SSSR count). The zero-order valence-electron chi connectivity index (χ0n) is 27.9. The largest absolute Gasteiger partial charge is 0.744 e. The third-order valence-corrected chi connectivity index (χ3v) is 9.22. The minimum absolute atomic E-state index is 1.37. The number of nitrogens with zero attached hydrogens (tertiary/aromatic N) is 1. The van der Waals surface area contributed by atoms with Crippen LogP contribution in [0.15, 0.2) is 4.90 Å². The fourth-order valence-corrected chi connectivity index (χ4v) is 6.30. The first-order valence-corrected chi connectivity index (χ1v) is 18.7. The molecule has 0 saturated heterocycles. The number of unbranched alkanes of at least 4 members (excludes halogenated alkanes) is 16. The molecule has 0 aliphatic rings. The molecule has 0 amide bonds. The number of benzene rings is 1. The molecule has 1 aromatic carbocycles. The van der Waals surface area contributed by atoms with Gasteiger partial charge in [-0.1, -0.05) is 105 Å². The van der Waals surface area contributed by atoms with Gasteiger partial charge < -0.3 is 9.04 Å². The van der Waals surface area contributed by atoms with Gasteiger partial charge in [0.05, 0.1) is 26.2 Å². The SMILES string of the molecule is CCCCCCC[N+](CCCCCCC)(CCCCCCC)CCCCCCC.O=S(=O)([O-])c1c(F)c(F)c(F)c(F)c1F. The van der Waals surface area contributed by atoms with Crippen molar-refractivity contribution in [3.8, 4) is 0 Å². The molecule has 0 radical (unpaired) electrons. The molecular weight excluding hydrogens is 597 g/mol. The van der Waals surface area contributed by atoms with Crippen LogP contribution in [0, 0.1) is 29.1 Å². The van der Waals surface area contributed by atoms with Crippen molar-refractivity contribution in [3.05, 3.63) is 29.1 Å². The topological polar surface area (TPSA) is 57.2 Å². The van der Waals surface area contributed by atoms with E-state index in [-0.39, 0.29) is 0 Å². The summed E-state index contributed by atoms with van der Waals surface area (Å²) >= 11 is 0. The third-order valence-electron chi connectivity index (χ3n) is 8.36. The summed E-state index contributed by atoms with van der Waals surface area (Å²) in [6.45, 7) is 15.2. The van der Waals surface area contributed by atoms with E-state index in [0.29, 0.717) is 0 Å². The maximum Gasteiger partial charge on any atom is 0.200 e. The Balaban J connectivity index is 0.00000103. The first-order valence-electron chi connectivity index (χ1n) is 17.2. The van der Waals surface area contributed by atoms with Crippen LogP contribution in [0.5, 0.6) is 0 Å². The standard InChI is InChI=1S/C28H60N.C6HF5O3S/c1-5-9-13-17-21-25-29(26-22-18-14-10-6-2,27-23-19-15-11-7-3)28-24-20-16-12-8-4;7-1-2(8)4(10)6(15(12,13)14)5(11)3(1)9/h5-28H2,1-4H3;(H,12,13,14)/q+1;/p-1. The minimum atomic E-state index is -5.77. The second-order valence-corrected chi connectivity index (χ2v) is 13.6. The van der Waals surface area contributed by atoms with Gasteiger partial charge in [0.25, 0.3) is 0 Å². The number of hydrogen-bond donors (Lipinski definition) is 0. The molecule has 4 nitrogen and oxygen atoms in total. The molecule has 0 aliphatic carbocycles. The average Bonchev–Trinajstić information content (AvgIpc) is 2.98. The predicted molar refractivity (Wildman–Crippen MR) is 169 cm³/mol. The van der Waals surface area contributed by atoms with E-state index in [4.69, 9.17) is 0 Å². The number of rotatable bonds is 25. The van der Waals surface area contributed by atoms with Gasteiger partial charge >= 0.3 is 0 Å². The first kappa shape index (κ1) is 42.7. The van der Waals surface area contributed by atoms with Crippen LogP contribution < -0.4 is 0 Å². The Morgan fingerprint density at radius 1 is 0.432 bits per heavy atom. The van der Waals surface area contributed by atoms with Gasteiger partial charge in [0, 0.05) is 0 Å². The molecule has 0 fully saturated rings. The highest BCUT2D eigenvalue weighted by Crippen LogP contribution is 2.26. The van der Waals surface area contributed by atoms with Crippen LogP contribution in [-0.4, -0.2) is 43.6 Å². The lowest BCUT2D eigenvalue weighted by Gasteiger charge is -2.39. The summed E-state index contributed by atoms with van der Waals surface area (Å²) in [4.78, 5) is -2.38. The molecule has 0 saturated carbocycles. The quantitative estimate of drug-likeness (QED) is 0.0263. The second-order valence-electron chi connectivity index (χ2n) is 12.2. The van der Waals surface area contributed by atoms with Gasteiger partial charge in [0.2, 0.25) is 5.82 Å². The molecule has 0 unspecified atom stereocenters. The minimum Gasteiger partial charge on any atom is -0.744 e. The Hall–Kier alpha value is -1.26. The molecule has 0 bridgehead atoms. The smallest absolute Gasteiger partial charge is 0.200 e. The van der Waals surface area contributed by atoms with Gasteiger partial charge in [-0.25, -0.2) is 30.4 Å². The number of halogens is 5. The van der Waals surface area contributed by atoms with Gasteiger partial charge in [0.15, 0.2) is 23.3 Å². The molecule has 0 spiro atoms. The monoisotopic (exact) mass is 657 g/mol. The zero-order valence-corrected chi connectivity index (χ0v) is 28.8. The lowest BCUT2D eigenvalue weighted by molar-refractivity contribution is -0.929. The molecule has 1 aromatic rings. The summed E-state index contributed by atoms with van der Waals surface area (Å²) in [6.07, 6.45) is 28.8. The summed E-state index contributed by atoms with van der Waals surface area (Å²) in [5.41, 5.74) is 0. The third kappa shape index (κ3) is 17.4. The van der Waals surface area contributed by atoms with Crippen molar-refractivity contribution in [3.63, 3.8) is 0 Å². The van der Waals surface area contributed by atoms with Gasteiger partial charge in [0.1, 0.15) is 15.0 Å². The molecule has 0 aromatic heterocycles. The molecular formula is C34H60F5NO3S. The van der Waals surface area contributed by atoms with Gasteiger partial charge in [-0.05, 0) is 51.4 Å². The number of quaternary nitrogens is 1. The highest BCUT2D eigenvalue weighted by molar-refractivity contribution is 7.85. The van der Waals surface area contributed by atoms with Crippen LogP contribution in [-0.2, 0) is 10.1 Å². The fourth-order valence-electron chi connectivity index (χ4n) is 5.68. The Labute approximate surface area is 265 Å². The maximum absolute atomic E-state index is 12.6. The van der Waals surface area contributed by atoms with Gasteiger partial charge in [-0.2, -0.15) is 0 Å². The van der Waals surface area contributed by atoms with E-state index in [1.807, 2.05) is 0 Å². The predicted octanol–water partition coefficient (Wildman–Crippen LogP) is 11.0. The molecule has 260 valence electrons. The fraction of sp³-hybridized carbons (Fsp3) is 0.824. The van der Waals surface area contributed by atoms with E-state index in [2.05, 4.69) is 27.7 Å². The Kier molecular flexibility index (Phi) is 24.2. The second kappa shape index (κ2) is 24.9. The highest BCUT2D eigenvalue weighted by Gasteiger charge is 2.29. The van der Waals surface area contributed by atoms with Crippen molar-refractivity contribution in [1.29, 1.82) is 0 Å². The van der Waals surface area contributed by atoms with Gasteiger partial charge in [-0.3, -0.25) is 0 Å². The molecule has 0 heterocycles. The van der Waals surface area contributed by atoms with E-state index in [0.717, 1.165) is 0 Å². The lowest BCUT2D eigenvalue weighted by Crippen LogP contribution is -2.50. The molecule has 44 heavy (non-hydrogen) atoms. The summed E-state index contributed by atoms with van der Waals surface area (Å²) in [7, 11) is -5.77. The normalized spacial score (nSPS) is 12.0. The van der Waals surface area contributed by atoms with Gasteiger partial charge in [-0.15, -0.1) is 0 Å². The summed E-state index contributed by atoms with van der Waals surface area (Å²) in [6, 6.07) is 0. The zero-order chi connectivity index (χ0) is 33.4. The Morgan fingerprint density at radius 3 is 0.886 bits per heavy atom. The lowest BCUT2D eigenvalue weighted by atomic mass is 10.1. The number of hydrogen-bond acceptors (Lipinski definition) is 3. The van der Waals surface area contributed by atoms with E-state index >= 15 is 0 Å². The van der Waals surface area contributed by atoms with E-state index < -0.39 is 44.1 Å². The van der Waals surface area contributed by atoms with Crippen LogP contribution in [0.4, 0.5) is 22.0 Å². The van der Waals surface area contributed by atoms with Crippen molar-refractivity contribution in [2.45, 2.75) is 161 Å². The maximum atomic E-state index is 12.6. The average molecular weight is 658 g/mol. The van der Waals surface area contributed by atoms with Crippen LogP contribution in [0.3, 0.4) is 0 Å². The summed E-state index contributed by atoms with van der Waals surface area (Å²) in [5, 5.41) is 0. The van der Waals surface area contributed by atoms with E-state index in [1.54, 1.807) is 0 Å². The van der Waals surface area contributed by atoms with E-state index in [1.165, 1.54) is 159 Å². The highest BCUT2D eigenvalue weighted by atomic mass is 32.2. The molecule has 0 aliphatic heterocycles. The van der Waals surface area contributed by atoms with Crippen LogP contribution in [0.1, 0.15) is 156 Å². The van der Waals surface area contributed by atoms with Crippen molar-refractivity contribution in [2.75, 3.05) is 26.2 Å². The van der Waals surface area contributed by atoms with Crippen molar-refractivity contribution >= 4 is 10.1 Å². The van der Waals surface area contributed by atoms with Crippen LogP contribution in [0.2, 0.25) is 0 Å². The molecule has 0 atom stereocenters. The Morgan fingerprint density at radius 2 is 0.659 bits per heavy atom. The molecule has 10 heteroatoms. The summed E-state index contributed by atoms with van der Waals surface area (Å²) < 4.78 is 94.4. The Bertz CT molecular complexity index is 901. The van der Waals surface area contributed by atoms with Crippen LogP contribution in [0.25, 0.3) is 0 Å². The molecule has 0 N–H and O–H groups in total. The van der Waals surface area contributed by atoms with Crippen molar-refractivity contribution < 1.29 is 39.4 Å². The van der Waals surface area contributed by atoms with E-state index in [9.17, 15) is 34.9 Å². The van der Waals surface area contributed by atoms with Crippen molar-refractivity contribution in [1.82, 2.24) is 0 Å². The summed E-state index contributed by atoms with van der Waals surface area (Å²) in [5.74, 6) is -12.8. The van der Waals surface area contributed by atoms with Crippen molar-refractivity contribution in [2.24, 2.45) is 0 Å². The van der Waals surface area contributed by atoms with Crippen LogP contribution >= 0.6 is 0 Å². The first-order chi connectivity index (χ1) is 20.9.